The lowest BCUT2D eigenvalue weighted by Gasteiger charge is -2.41. The van der Waals surface area contributed by atoms with Gasteiger partial charge in [0.05, 0.1) is 23.3 Å². The quantitative estimate of drug-likeness (QED) is 0.268. The molecule has 2 amide bonds. The van der Waals surface area contributed by atoms with E-state index in [9.17, 15) is 32.7 Å². The van der Waals surface area contributed by atoms with Crippen molar-refractivity contribution < 1.29 is 47.2 Å². The predicted octanol–water partition coefficient (Wildman–Crippen LogP) is 2.07. The molecule has 1 aliphatic carbocycles. The first kappa shape index (κ1) is 29.8. The molecule has 0 saturated heterocycles. The topological polar surface area (TPSA) is 125 Å². The fourth-order valence-corrected chi connectivity index (χ4v) is 4.47. The van der Waals surface area contributed by atoms with E-state index in [1.807, 2.05) is 22.6 Å². The zero-order chi connectivity index (χ0) is 27.2. The number of methoxy groups -OCH3 is 1. The first-order valence-corrected chi connectivity index (χ1v) is 12.0. The van der Waals surface area contributed by atoms with Gasteiger partial charge in [-0.2, -0.15) is 13.2 Å². The van der Waals surface area contributed by atoms with E-state index < -0.39 is 48.7 Å². The van der Waals surface area contributed by atoms with E-state index >= 15 is 0 Å². The third-order valence-electron chi connectivity index (χ3n) is 5.38. The van der Waals surface area contributed by atoms with Crippen molar-refractivity contribution in [1.82, 2.24) is 10.2 Å². The zero-order valence-electron chi connectivity index (χ0n) is 19.8. The van der Waals surface area contributed by atoms with Crippen LogP contribution in [0.4, 0.5) is 13.2 Å². The second kappa shape index (κ2) is 12.7. The lowest BCUT2D eigenvalue weighted by molar-refractivity contribution is -0.174. The molecule has 0 heterocycles. The number of carbonyl (C=O) groups excluding carboxylic acids is 3. The van der Waals surface area contributed by atoms with E-state index in [1.54, 1.807) is 0 Å². The molecule has 3 unspecified atom stereocenters. The predicted molar refractivity (Wildman–Crippen MR) is 131 cm³/mol. The Bertz CT molecular complexity index is 1000. The lowest BCUT2D eigenvalue weighted by Crippen LogP contribution is -2.57. The van der Waals surface area contributed by atoms with Gasteiger partial charge in [-0.15, -0.1) is 0 Å². The number of carbonyl (C=O) groups is 3. The number of aliphatic hydroxyl groups excluding tert-OH is 2. The number of hydrogen-bond acceptors (Lipinski definition) is 7. The van der Waals surface area contributed by atoms with Crippen molar-refractivity contribution in [3.05, 3.63) is 32.9 Å². The Hall–Kier alpha value is -2.39. The number of rotatable bonds is 10. The number of alkyl halides is 3. The number of halogens is 4. The van der Waals surface area contributed by atoms with Crippen molar-refractivity contribution in [2.45, 2.75) is 44.7 Å². The molecule has 3 N–H and O–H groups in total. The molecule has 0 fully saturated rings. The molecule has 13 heteroatoms. The maximum absolute atomic E-state index is 13.4. The molecule has 0 aliphatic heterocycles. The molecular formula is C23H28F3IN2O7. The summed E-state index contributed by atoms with van der Waals surface area (Å²) >= 11 is 1.87. The van der Waals surface area contributed by atoms with E-state index in [0.717, 1.165) is 0 Å². The highest BCUT2D eigenvalue weighted by atomic mass is 127. The van der Waals surface area contributed by atoms with Gasteiger partial charge in [0, 0.05) is 30.0 Å². The average molecular weight is 628 g/mol. The van der Waals surface area contributed by atoms with Crippen molar-refractivity contribution in [2.24, 2.45) is 5.92 Å². The number of benzene rings is 1. The Kier molecular flexibility index (Phi) is 10.5. The van der Waals surface area contributed by atoms with Crippen LogP contribution < -0.4 is 14.8 Å². The number of nitrogens with one attached hydrogen (secondary N) is 1. The van der Waals surface area contributed by atoms with Crippen LogP contribution in [0, 0.1) is 9.49 Å². The molecule has 3 atom stereocenters. The average Bonchev–Trinajstić information content (AvgIpc) is 2.81. The highest BCUT2D eigenvalue weighted by Gasteiger charge is 2.45. The van der Waals surface area contributed by atoms with Gasteiger partial charge in [-0.25, -0.2) is 0 Å². The van der Waals surface area contributed by atoms with Gasteiger partial charge in [0.1, 0.15) is 25.0 Å². The monoisotopic (exact) mass is 628 g/mol. The van der Waals surface area contributed by atoms with Crippen LogP contribution in [0.25, 0.3) is 0 Å². The first-order valence-electron chi connectivity index (χ1n) is 11.0. The molecule has 2 rings (SSSR count). The second-order valence-electron chi connectivity index (χ2n) is 8.40. The van der Waals surface area contributed by atoms with Crippen LogP contribution in [0.15, 0.2) is 23.8 Å². The Balaban J connectivity index is 2.56. The largest absolute Gasteiger partial charge is 0.493 e. The van der Waals surface area contributed by atoms with Crippen LogP contribution >= 0.6 is 22.6 Å². The van der Waals surface area contributed by atoms with Gasteiger partial charge in [-0.1, -0.05) is 13.8 Å². The first-order chi connectivity index (χ1) is 16.8. The van der Waals surface area contributed by atoms with Crippen LogP contribution in [0.1, 0.15) is 30.6 Å². The molecule has 9 nitrogen and oxygen atoms in total. The number of nitrogens with zero attached hydrogens (tertiary/aromatic N) is 1. The molecule has 0 radical (unpaired) electrons. The molecule has 1 aromatic carbocycles. The van der Waals surface area contributed by atoms with Gasteiger partial charge < -0.3 is 29.9 Å². The Morgan fingerprint density at radius 1 is 1.33 bits per heavy atom. The molecule has 0 bridgehead atoms. The minimum Gasteiger partial charge on any atom is -0.493 e. The van der Waals surface area contributed by atoms with Gasteiger partial charge in [0.2, 0.25) is 11.8 Å². The van der Waals surface area contributed by atoms with Crippen molar-refractivity contribution in [1.29, 1.82) is 0 Å². The second-order valence-corrected chi connectivity index (χ2v) is 9.57. The lowest BCUT2D eigenvalue weighted by atomic mass is 9.87. The highest BCUT2D eigenvalue weighted by Crippen LogP contribution is 2.37. The van der Waals surface area contributed by atoms with Crippen LogP contribution in [0.2, 0.25) is 0 Å². The fourth-order valence-electron chi connectivity index (χ4n) is 3.72. The summed E-state index contributed by atoms with van der Waals surface area (Å²) in [5, 5.41) is 22.6. The maximum Gasteiger partial charge on any atom is 0.406 e. The molecule has 200 valence electrons. The molecular weight excluding hydrogens is 600 g/mol. The third-order valence-corrected chi connectivity index (χ3v) is 6.18. The highest BCUT2D eigenvalue weighted by molar-refractivity contribution is 14.1. The molecule has 0 saturated carbocycles. The Morgan fingerprint density at radius 3 is 2.53 bits per heavy atom. The maximum atomic E-state index is 13.4. The van der Waals surface area contributed by atoms with E-state index in [0.29, 0.717) is 14.8 Å². The van der Waals surface area contributed by atoms with Crippen LogP contribution in [0.3, 0.4) is 0 Å². The van der Waals surface area contributed by atoms with E-state index in [2.05, 4.69) is 5.32 Å². The molecule has 36 heavy (non-hydrogen) atoms. The standard InChI is InChI=1S/C23H28F3IN2O7/c1-12(2)22(34)29(11-23(24,25)26)16-8-14(21(33)28-4-5-30)9-17(19(16)32)36-20-15(27)6-13(10-31)7-18(20)35-3/h6-7,9-10,12,16-17,19,30,32H,4-5,8,11H2,1-3H3,(H,28,33). The number of aldehydes is 1. The summed E-state index contributed by atoms with van der Waals surface area (Å²) in [6.07, 6.45) is -6.26. The smallest absolute Gasteiger partial charge is 0.406 e. The van der Waals surface area contributed by atoms with Crippen molar-refractivity contribution >= 4 is 40.7 Å². The van der Waals surface area contributed by atoms with Crippen molar-refractivity contribution in [3.63, 3.8) is 0 Å². The van der Waals surface area contributed by atoms with Gasteiger partial charge in [0.15, 0.2) is 11.5 Å². The van der Waals surface area contributed by atoms with Crippen LogP contribution in [-0.2, 0) is 9.59 Å². The number of hydrogen-bond donors (Lipinski definition) is 3. The Morgan fingerprint density at radius 2 is 2.00 bits per heavy atom. The van der Waals surface area contributed by atoms with E-state index in [1.165, 1.54) is 39.2 Å². The molecule has 0 aromatic heterocycles. The zero-order valence-corrected chi connectivity index (χ0v) is 22.0. The van der Waals surface area contributed by atoms with E-state index in [4.69, 9.17) is 14.6 Å². The minimum atomic E-state index is -4.76. The molecule has 1 aromatic rings. The summed E-state index contributed by atoms with van der Waals surface area (Å²) in [5.41, 5.74) is 0.259. The van der Waals surface area contributed by atoms with Gasteiger partial charge >= 0.3 is 6.18 Å². The normalized spacial score (nSPS) is 19.9. The van der Waals surface area contributed by atoms with Gasteiger partial charge in [-0.05, 0) is 40.8 Å². The molecule has 0 spiro atoms. The fraction of sp³-hybridized carbons (Fsp3) is 0.522. The number of aliphatic hydroxyl groups is 2. The molecule has 1 aliphatic rings. The van der Waals surface area contributed by atoms with Crippen LogP contribution in [-0.4, -0.2) is 84.4 Å². The van der Waals surface area contributed by atoms with Gasteiger partial charge in [-0.3, -0.25) is 14.4 Å². The Labute approximate surface area is 219 Å². The van der Waals surface area contributed by atoms with Crippen LogP contribution in [0.5, 0.6) is 11.5 Å². The van der Waals surface area contributed by atoms with Gasteiger partial charge in [0.25, 0.3) is 0 Å². The SMILES string of the molecule is COc1cc(C=O)cc(I)c1OC1C=C(C(=O)NCCO)CC(N(CC(F)(F)F)C(=O)C(C)C)C1O. The van der Waals surface area contributed by atoms with Crippen molar-refractivity contribution in [2.75, 3.05) is 26.8 Å². The number of ether oxygens (including phenoxy) is 2. The summed E-state index contributed by atoms with van der Waals surface area (Å²) in [6.45, 7) is 0.766. The van der Waals surface area contributed by atoms with E-state index in [-0.39, 0.29) is 42.2 Å². The number of amides is 2. The summed E-state index contributed by atoms with van der Waals surface area (Å²) in [7, 11) is 1.32. The van der Waals surface area contributed by atoms with Crippen molar-refractivity contribution in [3.8, 4) is 11.5 Å². The summed E-state index contributed by atoms with van der Waals surface area (Å²) in [5.74, 6) is -2.12. The summed E-state index contributed by atoms with van der Waals surface area (Å²) in [6, 6.07) is 1.42. The summed E-state index contributed by atoms with van der Waals surface area (Å²) in [4.78, 5) is 37.2. The minimum absolute atomic E-state index is 0.0223. The third kappa shape index (κ3) is 7.56. The summed E-state index contributed by atoms with van der Waals surface area (Å²) < 4.78 is 51.9.